The molecule has 1 aliphatic heterocycles. The van der Waals surface area contributed by atoms with Gasteiger partial charge in [0.05, 0.1) is 35.6 Å². The summed E-state index contributed by atoms with van der Waals surface area (Å²) in [5.41, 5.74) is -0.557. The smallest absolute Gasteiger partial charge is 0.343 e. The predicted octanol–water partition coefficient (Wildman–Crippen LogP) is 2.89. The number of allylic oxidation sites excluding steroid dienone is 2. The summed E-state index contributed by atoms with van der Waals surface area (Å²) in [6.07, 6.45) is 5.76. The summed E-state index contributed by atoms with van der Waals surface area (Å²) in [5.74, 6) is -3.59. The molecule has 1 saturated heterocycles. The van der Waals surface area contributed by atoms with E-state index >= 15 is 0 Å². The Morgan fingerprint density at radius 1 is 1.05 bits per heavy atom. The van der Waals surface area contributed by atoms with Gasteiger partial charge in [-0.3, -0.25) is 24.5 Å². The number of benzene rings is 2. The largest absolute Gasteiger partial charge is 0.493 e. The third kappa shape index (κ3) is 4.19. The van der Waals surface area contributed by atoms with Crippen LogP contribution in [-0.2, 0) is 14.4 Å². The molecular formula is C26H21N3O9. The molecule has 12 heteroatoms. The number of nitrogens with zero attached hydrogens (tertiary/aromatic N) is 3. The van der Waals surface area contributed by atoms with Crippen LogP contribution < -0.4 is 14.2 Å². The molecule has 0 N–H and O–H groups in total. The Morgan fingerprint density at radius 2 is 1.74 bits per heavy atom. The van der Waals surface area contributed by atoms with Crippen molar-refractivity contribution in [1.29, 1.82) is 0 Å². The van der Waals surface area contributed by atoms with Crippen molar-refractivity contribution in [2.75, 3.05) is 7.11 Å². The zero-order chi connectivity index (χ0) is 27.1. The van der Waals surface area contributed by atoms with Gasteiger partial charge in [-0.25, -0.2) is 4.79 Å². The summed E-state index contributed by atoms with van der Waals surface area (Å²) in [5, 5.41) is 16.5. The monoisotopic (exact) mass is 519 g/mol. The van der Waals surface area contributed by atoms with E-state index in [1.807, 2.05) is 12.2 Å². The average Bonchev–Trinajstić information content (AvgIpc) is 3.57. The molecule has 2 aromatic carbocycles. The summed E-state index contributed by atoms with van der Waals surface area (Å²) < 4.78 is 15.6. The van der Waals surface area contributed by atoms with E-state index in [1.165, 1.54) is 44.4 Å². The van der Waals surface area contributed by atoms with Crippen molar-refractivity contribution in [3.8, 4) is 17.2 Å². The third-order valence-corrected chi connectivity index (χ3v) is 6.83. The van der Waals surface area contributed by atoms with Crippen molar-refractivity contribution in [1.82, 2.24) is 5.01 Å². The van der Waals surface area contributed by atoms with E-state index in [-0.39, 0.29) is 34.5 Å². The average molecular weight is 519 g/mol. The fourth-order valence-electron chi connectivity index (χ4n) is 5.20. The van der Waals surface area contributed by atoms with E-state index in [9.17, 15) is 29.3 Å². The molecule has 3 aliphatic rings. The molecule has 0 aromatic heterocycles. The number of carbonyl (C=O) groups excluding carboxylic acids is 4. The van der Waals surface area contributed by atoms with Crippen LogP contribution in [0.3, 0.4) is 0 Å². The van der Waals surface area contributed by atoms with Crippen LogP contribution in [0.2, 0.25) is 0 Å². The number of esters is 2. The minimum atomic E-state index is -0.966. The second kappa shape index (κ2) is 9.54. The number of fused-ring (bicyclic) bond motifs is 5. The first-order valence-corrected chi connectivity index (χ1v) is 11.7. The van der Waals surface area contributed by atoms with E-state index in [0.29, 0.717) is 0 Å². The van der Waals surface area contributed by atoms with Gasteiger partial charge in [0.2, 0.25) is 5.75 Å². The van der Waals surface area contributed by atoms with Gasteiger partial charge in [-0.2, -0.15) is 10.1 Å². The molecule has 2 fully saturated rings. The van der Waals surface area contributed by atoms with E-state index < -0.39 is 51.9 Å². The van der Waals surface area contributed by atoms with Crippen molar-refractivity contribution in [3.63, 3.8) is 0 Å². The second-order valence-corrected chi connectivity index (χ2v) is 9.03. The SMILES string of the molecule is COc1cc(C(=O)Oc2c(C=NN3C(=O)[C@@H]4[C@H](C3=O)[C@H]3C=C[C@H]4C3)cccc2[N+](=O)[O-])ccc1OC(C)=O. The van der Waals surface area contributed by atoms with Crippen molar-refractivity contribution in [2.24, 2.45) is 28.8 Å². The lowest BCUT2D eigenvalue weighted by atomic mass is 9.85. The van der Waals surface area contributed by atoms with E-state index in [0.717, 1.165) is 23.7 Å². The van der Waals surface area contributed by atoms with Crippen molar-refractivity contribution >= 4 is 35.7 Å². The summed E-state index contributed by atoms with van der Waals surface area (Å²) >= 11 is 0. The standard InChI is InChI=1S/C26H21N3O9/c1-13(30)37-19-9-8-16(11-20(19)36-2)26(33)38-23-17(4-3-5-18(23)29(34)35)12-27-28-24(31)21-14-6-7-15(10-14)22(21)25(28)32/h3-9,11-12,14-15,21-22H,10H2,1-2H3/t14-,15-,21-,22+/m0/s1. The van der Waals surface area contributed by atoms with Crippen molar-refractivity contribution in [3.05, 3.63) is 69.8 Å². The minimum absolute atomic E-state index is 0.000190. The number of hydrogen-bond donors (Lipinski definition) is 0. The van der Waals surface area contributed by atoms with Gasteiger partial charge in [0.1, 0.15) is 0 Å². The highest BCUT2D eigenvalue weighted by Gasteiger charge is 2.59. The van der Waals surface area contributed by atoms with Crippen LogP contribution in [0.15, 0.2) is 53.7 Å². The fourth-order valence-corrected chi connectivity index (χ4v) is 5.20. The predicted molar refractivity (Wildman–Crippen MR) is 130 cm³/mol. The highest BCUT2D eigenvalue weighted by molar-refractivity contribution is 6.07. The molecule has 0 unspecified atom stereocenters. The van der Waals surface area contributed by atoms with Gasteiger partial charge < -0.3 is 14.2 Å². The molecule has 2 amide bonds. The van der Waals surface area contributed by atoms with E-state index in [4.69, 9.17) is 14.2 Å². The molecule has 5 rings (SSSR count). The number of amides is 2. The minimum Gasteiger partial charge on any atom is -0.493 e. The number of ether oxygens (including phenoxy) is 3. The molecule has 2 aromatic rings. The molecule has 0 radical (unpaired) electrons. The molecule has 194 valence electrons. The van der Waals surface area contributed by atoms with Crippen LogP contribution in [0, 0.1) is 33.8 Å². The quantitative estimate of drug-likeness (QED) is 0.102. The fraction of sp³-hybridized carbons (Fsp3) is 0.269. The number of nitro groups is 1. The second-order valence-electron chi connectivity index (χ2n) is 9.03. The summed E-state index contributed by atoms with van der Waals surface area (Å²) in [6.45, 7) is 1.20. The van der Waals surface area contributed by atoms with Gasteiger partial charge in [0.15, 0.2) is 11.5 Å². The van der Waals surface area contributed by atoms with Crippen LogP contribution in [0.1, 0.15) is 29.3 Å². The maximum Gasteiger partial charge on any atom is 0.343 e. The zero-order valence-electron chi connectivity index (χ0n) is 20.2. The van der Waals surface area contributed by atoms with Crippen molar-refractivity contribution in [2.45, 2.75) is 13.3 Å². The number of carbonyl (C=O) groups is 4. The zero-order valence-corrected chi connectivity index (χ0v) is 20.2. The number of para-hydroxylation sites is 1. The number of imide groups is 1. The van der Waals surface area contributed by atoms with Crippen LogP contribution in [0.25, 0.3) is 0 Å². The molecule has 2 aliphatic carbocycles. The molecule has 4 atom stereocenters. The Morgan fingerprint density at radius 3 is 2.34 bits per heavy atom. The maximum atomic E-state index is 12.9. The van der Waals surface area contributed by atoms with Gasteiger partial charge >= 0.3 is 17.6 Å². The first kappa shape index (κ1) is 24.8. The number of methoxy groups -OCH3 is 1. The Balaban J connectivity index is 1.43. The van der Waals surface area contributed by atoms with Crippen molar-refractivity contribution < 1.29 is 38.3 Å². The highest BCUT2D eigenvalue weighted by Crippen LogP contribution is 2.52. The molecule has 1 saturated carbocycles. The number of hydrazone groups is 1. The van der Waals surface area contributed by atoms with Crippen LogP contribution in [0.5, 0.6) is 17.2 Å². The molecule has 38 heavy (non-hydrogen) atoms. The third-order valence-electron chi connectivity index (χ3n) is 6.83. The summed E-state index contributed by atoms with van der Waals surface area (Å²) in [4.78, 5) is 61.0. The lowest BCUT2D eigenvalue weighted by molar-refractivity contribution is -0.385. The Kier molecular flexibility index (Phi) is 6.23. The number of hydrogen-bond acceptors (Lipinski definition) is 10. The van der Waals surface area contributed by atoms with E-state index in [1.54, 1.807) is 0 Å². The Bertz CT molecular complexity index is 1420. The first-order valence-electron chi connectivity index (χ1n) is 11.7. The lowest BCUT2D eigenvalue weighted by Gasteiger charge is -2.13. The van der Waals surface area contributed by atoms with E-state index in [2.05, 4.69) is 5.10 Å². The normalized spacial score (nSPS) is 23.2. The van der Waals surface area contributed by atoms with Gasteiger partial charge in [-0.1, -0.05) is 18.2 Å². The van der Waals surface area contributed by atoms with Gasteiger partial charge in [0.25, 0.3) is 11.8 Å². The number of rotatable bonds is 7. The molecular weight excluding hydrogens is 498 g/mol. The maximum absolute atomic E-state index is 12.9. The number of nitro benzene ring substituents is 1. The Labute approximate surface area is 215 Å². The van der Waals surface area contributed by atoms with Crippen LogP contribution in [-0.4, -0.2) is 47.0 Å². The lowest BCUT2D eigenvalue weighted by Crippen LogP contribution is -2.28. The van der Waals surface area contributed by atoms with Gasteiger partial charge in [0, 0.05) is 18.6 Å². The molecule has 0 spiro atoms. The molecule has 1 heterocycles. The topological polar surface area (TPSA) is 155 Å². The van der Waals surface area contributed by atoms with Crippen LogP contribution >= 0.6 is 0 Å². The highest BCUT2D eigenvalue weighted by atomic mass is 16.6. The van der Waals surface area contributed by atoms with Gasteiger partial charge in [-0.05, 0) is 42.5 Å². The first-order chi connectivity index (χ1) is 18.2. The summed E-state index contributed by atoms with van der Waals surface area (Å²) in [6, 6.07) is 7.78. The summed E-state index contributed by atoms with van der Waals surface area (Å²) in [7, 11) is 1.31. The van der Waals surface area contributed by atoms with Crippen LogP contribution in [0.4, 0.5) is 5.69 Å². The molecule has 2 bridgehead atoms. The van der Waals surface area contributed by atoms with Gasteiger partial charge in [-0.15, -0.1) is 0 Å². The Hall–Kier alpha value is -4.87. The molecule has 12 nitrogen and oxygen atoms in total.